The number of nitrogen functional groups attached to an aromatic ring is 1. The highest BCUT2D eigenvalue weighted by molar-refractivity contribution is 5.91. The van der Waals surface area contributed by atoms with Crippen LogP contribution in [0, 0.1) is 0 Å². The molecule has 1 aromatic heterocycles. The predicted molar refractivity (Wildman–Crippen MR) is 67.5 cm³/mol. The quantitative estimate of drug-likeness (QED) is 0.798. The normalized spacial score (nSPS) is 10.6. The number of fused-ring (bicyclic) bond motifs is 1. The summed E-state index contributed by atoms with van der Waals surface area (Å²) in [6, 6.07) is 5.74. The first-order valence-electron chi connectivity index (χ1n) is 5.43. The Morgan fingerprint density at radius 3 is 2.88 bits per heavy atom. The van der Waals surface area contributed by atoms with Crippen molar-refractivity contribution in [3.63, 3.8) is 0 Å². The van der Waals surface area contributed by atoms with Crippen LogP contribution >= 0.6 is 0 Å². The van der Waals surface area contributed by atoms with Crippen LogP contribution < -0.4 is 10.6 Å². The molecule has 0 spiro atoms. The Morgan fingerprint density at radius 2 is 2.12 bits per heavy atom. The smallest absolute Gasteiger partial charge is 0.139 e. The van der Waals surface area contributed by atoms with Crippen molar-refractivity contribution in [3.05, 3.63) is 24.5 Å². The van der Waals surface area contributed by atoms with Gasteiger partial charge in [-0.15, -0.1) is 0 Å². The van der Waals surface area contributed by atoms with Crippen LogP contribution in [0.15, 0.2) is 24.5 Å². The van der Waals surface area contributed by atoms with Crippen molar-refractivity contribution < 1.29 is 0 Å². The molecule has 16 heavy (non-hydrogen) atoms. The van der Waals surface area contributed by atoms with Crippen molar-refractivity contribution in [3.8, 4) is 0 Å². The Labute approximate surface area is 95.1 Å². The van der Waals surface area contributed by atoms with E-state index in [0.29, 0.717) is 0 Å². The minimum absolute atomic E-state index is 0.732. The molecule has 1 aromatic carbocycles. The number of nitrogens with two attached hydrogens (primary N) is 1. The van der Waals surface area contributed by atoms with Crippen LogP contribution in [0.25, 0.3) is 10.9 Å². The highest BCUT2D eigenvalue weighted by Crippen LogP contribution is 2.23. The first-order chi connectivity index (χ1) is 7.72. The summed E-state index contributed by atoms with van der Waals surface area (Å²) in [7, 11) is 2.04. The topological polar surface area (TPSA) is 55.0 Å². The van der Waals surface area contributed by atoms with Gasteiger partial charge in [0, 0.05) is 24.7 Å². The van der Waals surface area contributed by atoms with Gasteiger partial charge in [-0.3, -0.25) is 0 Å². The van der Waals surface area contributed by atoms with Crippen LogP contribution in [0.3, 0.4) is 0 Å². The lowest BCUT2D eigenvalue weighted by Gasteiger charge is -2.18. The van der Waals surface area contributed by atoms with E-state index in [1.807, 2.05) is 25.2 Å². The number of aromatic nitrogens is 2. The van der Waals surface area contributed by atoms with Gasteiger partial charge in [0.05, 0.1) is 5.52 Å². The monoisotopic (exact) mass is 216 g/mol. The van der Waals surface area contributed by atoms with Crippen LogP contribution in [0.2, 0.25) is 0 Å². The minimum Gasteiger partial charge on any atom is -0.399 e. The zero-order valence-corrected chi connectivity index (χ0v) is 9.64. The fraction of sp³-hybridized carbons (Fsp3) is 0.333. The first-order valence-corrected chi connectivity index (χ1v) is 5.43. The van der Waals surface area contributed by atoms with E-state index in [0.717, 1.165) is 35.4 Å². The van der Waals surface area contributed by atoms with Gasteiger partial charge in [0.15, 0.2) is 0 Å². The maximum absolute atomic E-state index is 5.73. The van der Waals surface area contributed by atoms with E-state index in [1.54, 1.807) is 6.33 Å². The number of nitrogens with zero attached hydrogens (tertiary/aromatic N) is 3. The molecule has 0 saturated heterocycles. The molecule has 0 fully saturated rings. The van der Waals surface area contributed by atoms with Gasteiger partial charge in [-0.2, -0.15) is 0 Å². The second-order valence-corrected chi connectivity index (χ2v) is 3.90. The van der Waals surface area contributed by atoms with Gasteiger partial charge in [0.2, 0.25) is 0 Å². The molecule has 84 valence electrons. The molecule has 1 heterocycles. The molecule has 2 N–H and O–H groups in total. The lowest BCUT2D eigenvalue weighted by Crippen LogP contribution is -2.19. The number of rotatable bonds is 3. The van der Waals surface area contributed by atoms with Crippen LogP contribution in [-0.2, 0) is 0 Å². The highest BCUT2D eigenvalue weighted by Gasteiger charge is 2.07. The predicted octanol–water partition coefficient (Wildman–Crippen LogP) is 2.06. The molecule has 0 radical (unpaired) electrons. The summed E-state index contributed by atoms with van der Waals surface area (Å²) in [5.74, 6) is 0.965. The zero-order valence-electron chi connectivity index (χ0n) is 9.64. The SMILES string of the molecule is CCCN(C)c1ncnc2cc(N)ccc12. The maximum atomic E-state index is 5.73. The van der Waals surface area contributed by atoms with Crippen LogP contribution in [0.5, 0.6) is 0 Å². The lowest BCUT2D eigenvalue weighted by molar-refractivity contribution is 0.840. The van der Waals surface area contributed by atoms with Gasteiger partial charge in [0.25, 0.3) is 0 Å². The molecule has 2 aromatic rings. The first kappa shape index (κ1) is 10.7. The molecular weight excluding hydrogens is 200 g/mol. The largest absolute Gasteiger partial charge is 0.399 e. The van der Waals surface area contributed by atoms with Crippen molar-refractivity contribution in [1.29, 1.82) is 0 Å². The van der Waals surface area contributed by atoms with E-state index in [-0.39, 0.29) is 0 Å². The number of anilines is 2. The second-order valence-electron chi connectivity index (χ2n) is 3.90. The zero-order chi connectivity index (χ0) is 11.5. The average Bonchev–Trinajstić information content (AvgIpc) is 2.28. The summed E-state index contributed by atoms with van der Waals surface area (Å²) >= 11 is 0. The van der Waals surface area contributed by atoms with Crippen molar-refractivity contribution >= 4 is 22.4 Å². The third-order valence-electron chi connectivity index (χ3n) is 2.56. The molecule has 0 amide bonds. The van der Waals surface area contributed by atoms with Gasteiger partial charge in [-0.05, 0) is 24.6 Å². The highest BCUT2D eigenvalue weighted by atomic mass is 15.2. The molecule has 4 heteroatoms. The molecule has 0 saturated carbocycles. The summed E-state index contributed by atoms with van der Waals surface area (Å²) < 4.78 is 0. The molecule has 0 unspecified atom stereocenters. The van der Waals surface area contributed by atoms with E-state index in [4.69, 9.17) is 5.73 Å². The molecule has 0 bridgehead atoms. The van der Waals surface area contributed by atoms with Crippen molar-refractivity contribution in [2.24, 2.45) is 0 Å². The Kier molecular flexibility index (Phi) is 2.90. The van der Waals surface area contributed by atoms with Crippen LogP contribution in [-0.4, -0.2) is 23.6 Å². The number of hydrogen-bond donors (Lipinski definition) is 1. The van der Waals surface area contributed by atoms with E-state index in [1.165, 1.54) is 0 Å². The van der Waals surface area contributed by atoms with Gasteiger partial charge in [-0.25, -0.2) is 9.97 Å². The summed E-state index contributed by atoms with van der Waals surface area (Å²) in [5.41, 5.74) is 7.36. The van der Waals surface area contributed by atoms with Crippen molar-refractivity contribution in [2.75, 3.05) is 24.2 Å². The third-order valence-corrected chi connectivity index (χ3v) is 2.56. The average molecular weight is 216 g/mol. The minimum atomic E-state index is 0.732. The number of hydrogen-bond acceptors (Lipinski definition) is 4. The van der Waals surface area contributed by atoms with E-state index in [2.05, 4.69) is 21.8 Å². The lowest BCUT2D eigenvalue weighted by atomic mass is 10.2. The van der Waals surface area contributed by atoms with Crippen LogP contribution in [0.1, 0.15) is 13.3 Å². The fourth-order valence-corrected chi connectivity index (χ4v) is 1.81. The summed E-state index contributed by atoms with van der Waals surface area (Å²) in [6.07, 6.45) is 2.68. The van der Waals surface area contributed by atoms with E-state index in [9.17, 15) is 0 Å². The summed E-state index contributed by atoms with van der Waals surface area (Å²) in [4.78, 5) is 10.7. The van der Waals surface area contributed by atoms with Crippen molar-refractivity contribution in [1.82, 2.24) is 9.97 Å². The van der Waals surface area contributed by atoms with E-state index < -0.39 is 0 Å². The Hall–Kier alpha value is -1.84. The fourth-order valence-electron chi connectivity index (χ4n) is 1.81. The number of benzene rings is 1. The molecular formula is C12H16N4. The molecule has 0 atom stereocenters. The second kappa shape index (κ2) is 4.35. The summed E-state index contributed by atoms with van der Waals surface area (Å²) in [6.45, 7) is 3.13. The van der Waals surface area contributed by atoms with Gasteiger partial charge in [-0.1, -0.05) is 6.92 Å². The van der Waals surface area contributed by atoms with Gasteiger partial charge < -0.3 is 10.6 Å². The molecule has 0 aliphatic rings. The third kappa shape index (κ3) is 1.91. The molecule has 4 nitrogen and oxygen atoms in total. The molecule has 0 aliphatic heterocycles. The standard InChI is InChI=1S/C12H16N4/c1-3-6-16(2)12-10-5-4-9(13)7-11(10)14-8-15-12/h4-5,7-8H,3,6,13H2,1-2H3. The molecule has 2 rings (SSSR count). The Morgan fingerprint density at radius 1 is 1.31 bits per heavy atom. The molecule has 0 aliphatic carbocycles. The summed E-state index contributed by atoms with van der Waals surface area (Å²) in [5, 5.41) is 1.05. The Balaban J connectivity index is 2.53. The van der Waals surface area contributed by atoms with Gasteiger partial charge in [0.1, 0.15) is 12.1 Å². The maximum Gasteiger partial charge on any atom is 0.139 e. The van der Waals surface area contributed by atoms with Gasteiger partial charge >= 0.3 is 0 Å². The van der Waals surface area contributed by atoms with E-state index >= 15 is 0 Å². The Bertz CT molecular complexity index is 495. The van der Waals surface area contributed by atoms with Crippen LogP contribution in [0.4, 0.5) is 11.5 Å². The van der Waals surface area contributed by atoms with Crippen molar-refractivity contribution in [2.45, 2.75) is 13.3 Å².